The maximum Gasteiger partial charge on any atom is 0.246 e. The number of benzene rings is 2. The molecule has 0 aromatic heterocycles. The van der Waals surface area contributed by atoms with E-state index in [1.54, 1.807) is 56.3 Å². The van der Waals surface area contributed by atoms with Crippen molar-refractivity contribution < 1.29 is 53.1 Å². The number of hydrogen-bond donors (Lipinski definition) is 14. The van der Waals surface area contributed by atoms with Crippen LogP contribution in [0.1, 0.15) is 69.9 Å². The molecule has 1 heterocycles. The molecule has 0 radical (unpaired) electrons. The summed E-state index contributed by atoms with van der Waals surface area (Å²) in [6, 6.07) is 5.69. The van der Waals surface area contributed by atoms with Crippen LogP contribution in [0.25, 0.3) is 0 Å². The number of phenols is 1. The minimum atomic E-state index is -1.49. The molecule has 26 heteroatoms. The van der Waals surface area contributed by atoms with Gasteiger partial charge in [0.25, 0.3) is 0 Å². The van der Waals surface area contributed by atoms with Gasteiger partial charge in [-0.25, -0.2) is 0 Å². The number of aliphatic imine (C=N–C) groups is 1. The molecule has 24 nitrogen and oxygen atoms in total. The van der Waals surface area contributed by atoms with Gasteiger partial charge in [-0.2, -0.15) is 25.3 Å². The van der Waals surface area contributed by atoms with Crippen molar-refractivity contribution in [2.75, 3.05) is 31.1 Å². The van der Waals surface area contributed by atoms with Gasteiger partial charge in [0.05, 0.1) is 6.54 Å². The van der Waals surface area contributed by atoms with Crippen molar-refractivity contribution >= 4 is 90.3 Å². The topological polar surface area (TPSA) is 395 Å². The smallest absolute Gasteiger partial charge is 0.246 e. The quantitative estimate of drug-likeness (QED) is 0.0160. The third-order valence-electron chi connectivity index (χ3n) is 11.5. The van der Waals surface area contributed by atoms with Gasteiger partial charge in [0, 0.05) is 44.5 Å². The molecule has 1 fully saturated rings. The number of hydrogen-bond acceptors (Lipinski definition) is 14. The molecule has 0 spiro atoms. The van der Waals surface area contributed by atoms with E-state index in [1.165, 1.54) is 17.0 Å². The number of thiol groups is 2. The number of nitrogens with one attached hydrogen (secondary N) is 7. The summed E-state index contributed by atoms with van der Waals surface area (Å²) in [6.07, 6.45) is 0.106. The number of amides is 10. The van der Waals surface area contributed by atoms with Crippen molar-refractivity contribution in [1.29, 1.82) is 0 Å². The number of rotatable bonds is 30. The zero-order chi connectivity index (χ0) is 54.2. The molecule has 0 saturated carbocycles. The highest BCUT2D eigenvalue weighted by atomic mass is 32.1. The van der Waals surface area contributed by atoms with Crippen LogP contribution in [0.15, 0.2) is 59.6 Å². The molecule has 1 saturated heterocycles. The lowest BCUT2D eigenvalue weighted by atomic mass is 10.0. The number of nitrogens with zero attached hydrogens (tertiary/aromatic N) is 2. The first-order chi connectivity index (χ1) is 34.6. The van der Waals surface area contributed by atoms with E-state index in [0.717, 1.165) is 0 Å². The Morgan fingerprint density at radius 2 is 1.25 bits per heavy atom. The van der Waals surface area contributed by atoms with Crippen LogP contribution in [0.4, 0.5) is 0 Å². The Balaban J connectivity index is 1.83. The van der Waals surface area contributed by atoms with Crippen LogP contribution < -0.4 is 60.2 Å². The largest absolute Gasteiger partial charge is 0.508 e. The minimum absolute atomic E-state index is 0.0118. The van der Waals surface area contributed by atoms with E-state index in [4.69, 9.17) is 22.9 Å². The van der Waals surface area contributed by atoms with Gasteiger partial charge in [-0.05, 0) is 67.0 Å². The molecule has 2 aromatic rings. The Labute approximate surface area is 434 Å². The van der Waals surface area contributed by atoms with E-state index >= 15 is 0 Å². The summed E-state index contributed by atoms with van der Waals surface area (Å²) in [5.41, 5.74) is 22.6. The summed E-state index contributed by atoms with van der Waals surface area (Å²) >= 11 is 8.43. The number of likely N-dealkylation sites (tertiary alicyclic amines) is 1. The van der Waals surface area contributed by atoms with E-state index < -0.39 is 114 Å². The Morgan fingerprint density at radius 1 is 0.671 bits per heavy atom. The molecule has 2 aromatic carbocycles. The highest BCUT2D eigenvalue weighted by Gasteiger charge is 2.40. The lowest BCUT2D eigenvalue weighted by molar-refractivity contribution is -0.142. The van der Waals surface area contributed by atoms with Crippen LogP contribution in [-0.2, 0) is 60.8 Å². The average Bonchev–Trinajstić information content (AvgIpc) is 3.84. The Kier molecular flexibility index (Phi) is 25.3. The third kappa shape index (κ3) is 20.9. The molecule has 0 bridgehead atoms. The predicted molar refractivity (Wildman–Crippen MR) is 276 cm³/mol. The van der Waals surface area contributed by atoms with Crippen molar-refractivity contribution in [2.24, 2.45) is 33.8 Å². The van der Waals surface area contributed by atoms with E-state index in [-0.39, 0.29) is 87.7 Å². The lowest BCUT2D eigenvalue weighted by Crippen LogP contribution is -2.61. The average molecular weight is 1060 g/mol. The first-order valence-electron chi connectivity index (χ1n) is 23.7. The number of primary amides is 2. The highest BCUT2D eigenvalue weighted by Crippen LogP contribution is 2.20. The zero-order valence-electron chi connectivity index (χ0n) is 40.8. The lowest BCUT2D eigenvalue weighted by Gasteiger charge is -2.31. The van der Waals surface area contributed by atoms with E-state index in [1.807, 2.05) is 0 Å². The van der Waals surface area contributed by atoms with Crippen molar-refractivity contribution in [1.82, 2.24) is 42.1 Å². The zero-order valence-corrected chi connectivity index (χ0v) is 42.6. The second-order valence-electron chi connectivity index (χ2n) is 17.6. The Morgan fingerprint density at radius 3 is 1.82 bits per heavy atom. The van der Waals surface area contributed by atoms with E-state index in [9.17, 15) is 53.1 Å². The van der Waals surface area contributed by atoms with Crippen LogP contribution in [0, 0.1) is 5.92 Å². The third-order valence-corrected chi connectivity index (χ3v) is 12.1. The first kappa shape index (κ1) is 60.2. The van der Waals surface area contributed by atoms with Gasteiger partial charge in [-0.3, -0.25) is 52.9 Å². The van der Waals surface area contributed by atoms with Gasteiger partial charge < -0.3 is 70.2 Å². The fraction of sp³-hybridized carbons (Fsp3) is 0.511. The van der Waals surface area contributed by atoms with Gasteiger partial charge in [0.1, 0.15) is 48.0 Å². The first-order valence-corrected chi connectivity index (χ1v) is 24.9. The van der Waals surface area contributed by atoms with Crippen LogP contribution in [0.2, 0.25) is 0 Å². The minimum Gasteiger partial charge on any atom is -0.508 e. The summed E-state index contributed by atoms with van der Waals surface area (Å²) in [5, 5.41) is 28.0. The molecule has 73 heavy (non-hydrogen) atoms. The fourth-order valence-electron chi connectivity index (χ4n) is 7.68. The molecule has 0 aliphatic carbocycles. The Bertz CT molecular complexity index is 2270. The molecule has 10 amide bonds. The maximum atomic E-state index is 14.3. The van der Waals surface area contributed by atoms with Crippen molar-refractivity contribution in [3.8, 4) is 5.75 Å². The molecular formula is C47H69N13O11S2. The summed E-state index contributed by atoms with van der Waals surface area (Å²) < 4.78 is 0. The standard InChI is InChI=1S/C47H69N13O11S2/c1-26(2)39(45(70)58-34(25-73)46(71)60-20-7-11-35(60)44(69)56-30(10-6-19-52-47(50)51)40(65)53-24-37(49)63)59-41(66)31(16-17-36(48)62)55-43(68)33(22-27-8-4-3-5-9-27)57-42(67)32(54-38(64)18-21-72)23-28-12-14-29(61)15-13-28/h3-5,8-9,12-15,26,30-35,39,61,72-73H,6-7,10-11,16-25H2,1-2H3,(H2,48,62)(H2,49,63)(H,53,65)(H,54,64)(H,55,68)(H,56,69)(H,57,67)(H,58,70)(H,59,66)(H4,50,51,52)/t30-,31+,32+,33+,34+,35+,39+/m1/s1. The second kappa shape index (κ2) is 30.7. The molecule has 1 aliphatic heterocycles. The molecule has 7 atom stereocenters. The molecular weight excluding hydrogens is 987 g/mol. The molecule has 3 rings (SSSR count). The number of guanidine groups is 1. The summed E-state index contributed by atoms with van der Waals surface area (Å²) in [5.74, 6) is -8.35. The summed E-state index contributed by atoms with van der Waals surface area (Å²) in [7, 11) is 0. The number of carbonyl (C=O) groups is 10. The maximum absolute atomic E-state index is 14.3. The van der Waals surface area contributed by atoms with Gasteiger partial charge in [0.2, 0.25) is 59.1 Å². The van der Waals surface area contributed by atoms with E-state index in [2.05, 4.69) is 67.5 Å². The molecule has 16 N–H and O–H groups in total. The van der Waals surface area contributed by atoms with Gasteiger partial charge in [-0.15, -0.1) is 0 Å². The number of aromatic hydroxyl groups is 1. The predicted octanol–water partition coefficient (Wildman–Crippen LogP) is -3.10. The van der Waals surface area contributed by atoms with Gasteiger partial charge >= 0.3 is 0 Å². The van der Waals surface area contributed by atoms with Crippen LogP contribution in [0.5, 0.6) is 5.75 Å². The normalized spacial score (nSPS) is 15.5. The number of carbonyl (C=O) groups excluding carboxylic acids is 10. The van der Waals surface area contributed by atoms with Gasteiger partial charge in [-0.1, -0.05) is 56.3 Å². The number of phenolic OH excluding ortho intramolecular Hbond substituents is 1. The van der Waals surface area contributed by atoms with E-state index in [0.29, 0.717) is 17.5 Å². The highest BCUT2D eigenvalue weighted by molar-refractivity contribution is 7.80. The summed E-state index contributed by atoms with van der Waals surface area (Å²) in [6.45, 7) is 2.99. The Hall–Kier alpha value is -7.09. The van der Waals surface area contributed by atoms with Crippen molar-refractivity contribution in [3.63, 3.8) is 0 Å². The SMILES string of the molecule is CC(C)[C@H](NC(=O)[C@H](CCC(N)=O)NC(=O)[C@H](Cc1ccccc1)NC(=O)[C@H](Cc1ccc(O)cc1)NC(=O)CCS)C(=O)N[C@@H](CS)C(=O)N1CCC[C@H]1C(=O)N[C@H](CCCN=C(N)N)C(=O)NCC(N)=O. The van der Waals surface area contributed by atoms with Crippen molar-refractivity contribution in [2.45, 2.75) is 114 Å². The van der Waals surface area contributed by atoms with Crippen LogP contribution in [-0.4, -0.2) is 148 Å². The molecule has 1 aliphatic rings. The molecule has 0 unspecified atom stereocenters. The second-order valence-corrected chi connectivity index (χ2v) is 18.5. The molecule has 400 valence electrons. The van der Waals surface area contributed by atoms with Crippen LogP contribution >= 0.6 is 25.3 Å². The monoisotopic (exact) mass is 1060 g/mol. The fourth-order valence-corrected chi connectivity index (χ4v) is 8.13. The van der Waals surface area contributed by atoms with Gasteiger partial charge in [0.15, 0.2) is 5.96 Å². The van der Waals surface area contributed by atoms with Crippen molar-refractivity contribution in [3.05, 3.63) is 65.7 Å². The van der Waals surface area contributed by atoms with Crippen LogP contribution in [0.3, 0.4) is 0 Å². The summed E-state index contributed by atoms with van der Waals surface area (Å²) in [4.78, 5) is 138. The number of nitrogens with two attached hydrogens (primary N) is 4.